The number of rotatable bonds is 2. The molecule has 1 aliphatic heterocycles. The molecule has 1 saturated heterocycles. The molecule has 0 amide bonds. The molecule has 1 heterocycles. The smallest absolute Gasteiger partial charge is 0.152 e. The van der Waals surface area contributed by atoms with Gasteiger partial charge in [-0.05, 0) is 12.0 Å². The average molecular weight is 220 g/mol. The Hall–Kier alpha value is -0.646. The first kappa shape index (κ1) is 9.89. The Balaban J connectivity index is 2.07. The number of benzene rings is 1. The third-order valence-corrected chi connectivity index (χ3v) is 10.8. The molecular weight excluding hydrogens is 204 g/mol. The highest BCUT2D eigenvalue weighted by molar-refractivity contribution is 7.19. The molecule has 1 fully saturated rings. The maximum Gasteiger partial charge on any atom is 0.152 e. The van der Waals surface area contributed by atoms with Crippen molar-refractivity contribution in [2.24, 2.45) is 0 Å². The zero-order chi connectivity index (χ0) is 9.80. The van der Waals surface area contributed by atoms with E-state index in [1.165, 1.54) is 23.2 Å². The summed E-state index contributed by atoms with van der Waals surface area (Å²) >= 11 is 0. The Bertz CT molecular complexity index is 304. The molecule has 1 aromatic rings. The molecule has 1 aromatic carbocycles. The van der Waals surface area contributed by atoms with Crippen LogP contribution in [0.4, 0.5) is 0 Å². The van der Waals surface area contributed by atoms with E-state index >= 15 is 0 Å². The molecule has 0 spiro atoms. The minimum absolute atomic E-state index is 0.229. The predicted molar refractivity (Wildman–Crippen MR) is 66.5 cm³/mol. The van der Waals surface area contributed by atoms with Crippen molar-refractivity contribution in [3.8, 4) is 0 Å². The van der Waals surface area contributed by atoms with Gasteiger partial charge in [0, 0.05) is 6.61 Å². The second kappa shape index (κ2) is 4.73. The first-order valence-electron chi connectivity index (χ1n) is 5.20. The topological polar surface area (TPSA) is 9.23 Å². The molecule has 0 aliphatic carbocycles. The van der Waals surface area contributed by atoms with Crippen LogP contribution in [0.3, 0.4) is 0 Å². The van der Waals surface area contributed by atoms with Gasteiger partial charge in [-0.2, -0.15) is 0 Å². The van der Waals surface area contributed by atoms with Gasteiger partial charge < -0.3 is 4.43 Å². The Morgan fingerprint density at radius 1 is 1.36 bits per heavy atom. The van der Waals surface area contributed by atoms with Crippen molar-refractivity contribution in [2.45, 2.75) is 12.5 Å². The third kappa shape index (κ3) is 2.23. The fourth-order valence-corrected chi connectivity index (χ4v) is 8.63. The lowest BCUT2D eigenvalue weighted by molar-refractivity contribution is 0.336. The molecule has 0 bridgehead atoms. The predicted octanol–water partition coefficient (Wildman–Crippen LogP) is 1.47. The van der Waals surface area contributed by atoms with E-state index in [1.54, 1.807) is 0 Å². The minimum Gasteiger partial charge on any atom is -0.427 e. The van der Waals surface area contributed by atoms with Crippen LogP contribution in [-0.2, 0) is 4.43 Å². The second-order valence-corrected chi connectivity index (χ2v) is 11.2. The van der Waals surface area contributed by atoms with Crippen molar-refractivity contribution in [2.75, 3.05) is 6.61 Å². The fraction of sp³-hybridized carbons (Fsp3) is 0.273. The molecule has 1 unspecified atom stereocenters. The molecular formula is C11H16OSi2. The van der Waals surface area contributed by atoms with E-state index in [2.05, 4.69) is 36.9 Å². The molecule has 1 aliphatic rings. The SMILES string of the molecule is C=C(c1ccccc1)[SiH]1CCCO[SiH2]1. The van der Waals surface area contributed by atoms with Crippen molar-refractivity contribution in [3.63, 3.8) is 0 Å². The van der Waals surface area contributed by atoms with Gasteiger partial charge in [-0.15, -0.1) is 0 Å². The standard InChI is InChI=1S/C11H16OSi2/c1-10(11-6-3-2-4-7-11)14-9-5-8-12-13-14/h2-4,6-7,14H,1,5,8-9,13H2. The van der Waals surface area contributed by atoms with Gasteiger partial charge in [-0.3, -0.25) is 0 Å². The summed E-state index contributed by atoms with van der Waals surface area (Å²) in [5, 5.41) is 1.43. The van der Waals surface area contributed by atoms with Crippen LogP contribution in [-0.4, -0.2) is 24.2 Å². The van der Waals surface area contributed by atoms with E-state index in [4.69, 9.17) is 4.43 Å². The van der Waals surface area contributed by atoms with Gasteiger partial charge in [-0.25, -0.2) is 0 Å². The summed E-state index contributed by atoms with van der Waals surface area (Å²) in [6, 6.07) is 12.0. The van der Waals surface area contributed by atoms with Gasteiger partial charge in [0.05, 0.1) is 8.31 Å². The summed E-state index contributed by atoms with van der Waals surface area (Å²) in [4.78, 5) is 0. The summed E-state index contributed by atoms with van der Waals surface area (Å²) in [5.74, 6) is 0. The van der Waals surface area contributed by atoms with Crippen molar-refractivity contribution in [1.29, 1.82) is 0 Å². The Morgan fingerprint density at radius 3 is 2.79 bits per heavy atom. The molecule has 0 saturated carbocycles. The van der Waals surface area contributed by atoms with E-state index in [9.17, 15) is 0 Å². The maximum absolute atomic E-state index is 5.66. The number of hydrogen-bond donors (Lipinski definition) is 0. The normalized spacial score (nSPS) is 23.6. The molecule has 1 nitrogen and oxygen atoms in total. The largest absolute Gasteiger partial charge is 0.427 e. The van der Waals surface area contributed by atoms with Gasteiger partial charge >= 0.3 is 0 Å². The van der Waals surface area contributed by atoms with Gasteiger partial charge in [0.2, 0.25) is 0 Å². The van der Waals surface area contributed by atoms with Crippen LogP contribution in [0.1, 0.15) is 12.0 Å². The van der Waals surface area contributed by atoms with Crippen molar-refractivity contribution in [1.82, 2.24) is 0 Å². The summed E-state index contributed by atoms with van der Waals surface area (Å²) in [5.41, 5.74) is 1.35. The molecule has 2 rings (SSSR count). The molecule has 14 heavy (non-hydrogen) atoms. The van der Waals surface area contributed by atoms with Crippen molar-refractivity contribution < 1.29 is 4.43 Å². The summed E-state index contributed by atoms with van der Waals surface area (Å²) in [7, 11) is -0.954. The van der Waals surface area contributed by atoms with Crippen molar-refractivity contribution in [3.05, 3.63) is 42.5 Å². The first-order chi connectivity index (χ1) is 6.88. The third-order valence-electron chi connectivity index (χ3n) is 2.80. The molecule has 0 aromatic heterocycles. The van der Waals surface area contributed by atoms with Crippen LogP contribution in [0.5, 0.6) is 0 Å². The highest BCUT2D eigenvalue weighted by Crippen LogP contribution is 2.20. The molecule has 0 N–H and O–H groups in total. The van der Waals surface area contributed by atoms with Gasteiger partial charge in [0.15, 0.2) is 9.28 Å². The average Bonchev–Trinajstić information content (AvgIpc) is 2.30. The molecule has 74 valence electrons. The zero-order valence-corrected chi connectivity index (χ0v) is 11.0. The highest BCUT2D eigenvalue weighted by Gasteiger charge is 2.20. The van der Waals surface area contributed by atoms with Crippen LogP contribution < -0.4 is 0 Å². The number of hydrogen-bond acceptors (Lipinski definition) is 1. The van der Waals surface area contributed by atoms with Crippen LogP contribution in [0.25, 0.3) is 5.20 Å². The highest BCUT2D eigenvalue weighted by atomic mass is 29.2. The maximum atomic E-state index is 5.66. The molecule has 1 atom stereocenters. The van der Waals surface area contributed by atoms with Crippen LogP contribution >= 0.6 is 0 Å². The second-order valence-electron chi connectivity index (χ2n) is 3.81. The Kier molecular flexibility index (Phi) is 3.34. The van der Waals surface area contributed by atoms with E-state index in [0.717, 1.165) is 6.61 Å². The van der Waals surface area contributed by atoms with E-state index in [0.29, 0.717) is 0 Å². The Morgan fingerprint density at radius 2 is 2.14 bits per heavy atom. The molecule has 3 heteroatoms. The molecule has 0 radical (unpaired) electrons. The Labute approximate surface area is 89.1 Å². The zero-order valence-electron chi connectivity index (χ0n) is 8.41. The van der Waals surface area contributed by atoms with Crippen LogP contribution in [0.2, 0.25) is 6.04 Å². The van der Waals surface area contributed by atoms with Crippen LogP contribution in [0, 0.1) is 0 Å². The summed E-state index contributed by atoms with van der Waals surface area (Å²) < 4.78 is 5.66. The van der Waals surface area contributed by atoms with Crippen molar-refractivity contribution >= 4 is 22.8 Å². The van der Waals surface area contributed by atoms with E-state index in [-0.39, 0.29) is 9.28 Å². The fourth-order valence-electron chi connectivity index (χ4n) is 1.90. The summed E-state index contributed by atoms with van der Waals surface area (Å²) in [6.07, 6.45) is 1.26. The van der Waals surface area contributed by atoms with Gasteiger partial charge in [0.25, 0.3) is 0 Å². The van der Waals surface area contributed by atoms with E-state index < -0.39 is 8.31 Å². The van der Waals surface area contributed by atoms with E-state index in [1.807, 2.05) is 0 Å². The van der Waals surface area contributed by atoms with Crippen LogP contribution in [0.15, 0.2) is 36.9 Å². The lowest BCUT2D eigenvalue weighted by Gasteiger charge is -2.22. The van der Waals surface area contributed by atoms with Gasteiger partial charge in [0.1, 0.15) is 0 Å². The summed E-state index contributed by atoms with van der Waals surface area (Å²) in [6.45, 7) is 5.28. The van der Waals surface area contributed by atoms with Gasteiger partial charge in [-0.1, -0.05) is 48.2 Å². The monoisotopic (exact) mass is 220 g/mol. The quantitative estimate of drug-likeness (QED) is 0.686. The first-order valence-corrected chi connectivity index (χ1v) is 10.4. The minimum atomic E-state index is -0.725. The lowest BCUT2D eigenvalue weighted by atomic mass is 10.2. The lowest BCUT2D eigenvalue weighted by Crippen LogP contribution is -2.31.